The molecule has 0 saturated heterocycles. The molecule has 5 nitrogen and oxygen atoms in total. The smallest absolute Gasteiger partial charge is 0.317 e. The topological polar surface area (TPSA) is 94.8 Å². The number of hydrogen-bond donors (Lipinski definition) is 3. The zero-order valence-electron chi connectivity index (χ0n) is 11.9. The van der Waals surface area contributed by atoms with E-state index in [1.54, 1.807) is 0 Å². The lowest BCUT2D eigenvalue weighted by molar-refractivity contribution is -0.155. The van der Waals surface area contributed by atoms with Crippen molar-refractivity contribution in [2.45, 2.75) is 24.9 Å². The molecule has 1 aliphatic rings. The number of aliphatic hydroxyl groups is 1. The predicted octanol–water partition coefficient (Wildman–Crippen LogP) is 2.35. The first-order chi connectivity index (χ1) is 10.6. The molecule has 0 radical (unpaired) electrons. The lowest BCUT2D eigenvalue weighted by Gasteiger charge is -2.42. The van der Waals surface area contributed by atoms with Gasteiger partial charge in [-0.3, -0.25) is 9.59 Å². The quantitative estimate of drug-likeness (QED) is 0.577. The molecule has 1 aromatic rings. The fraction of sp³-hybridized carbons (Fsp3) is 0.333. The molecular weight excluding hydrogens is 334 g/mol. The Kier molecular flexibility index (Phi) is 4.21. The molecule has 0 aliphatic heterocycles. The van der Waals surface area contributed by atoms with Crippen molar-refractivity contribution in [3.8, 4) is 0 Å². The second kappa shape index (κ2) is 5.58. The molecule has 3 atom stereocenters. The summed E-state index contributed by atoms with van der Waals surface area (Å²) >= 11 is 5.74. The normalized spacial score (nSPS) is 30.2. The lowest BCUT2D eigenvalue weighted by Crippen LogP contribution is -2.53. The maximum Gasteiger partial charge on any atom is 0.317 e. The Morgan fingerprint density at radius 3 is 2.30 bits per heavy atom. The van der Waals surface area contributed by atoms with Crippen molar-refractivity contribution in [3.63, 3.8) is 0 Å². The van der Waals surface area contributed by atoms with Crippen molar-refractivity contribution >= 4 is 23.5 Å². The molecule has 0 fully saturated rings. The van der Waals surface area contributed by atoms with Gasteiger partial charge in [-0.1, -0.05) is 23.8 Å². The van der Waals surface area contributed by atoms with Crippen LogP contribution in [0.3, 0.4) is 0 Å². The predicted molar refractivity (Wildman–Crippen MR) is 76.2 cm³/mol. The minimum absolute atomic E-state index is 0.685. The van der Waals surface area contributed by atoms with Crippen molar-refractivity contribution in [1.29, 1.82) is 0 Å². The minimum atomic E-state index is -2.43. The van der Waals surface area contributed by atoms with Gasteiger partial charge in [0.25, 0.3) is 0 Å². The van der Waals surface area contributed by atoms with Gasteiger partial charge in [-0.2, -0.15) is 0 Å². The highest BCUT2D eigenvalue weighted by molar-refractivity contribution is 6.32. The SMILES string of the molecule is CC1(C(=O)O)C=CC(O)C(C(=O)O)(c2c(F)ccc(F)c2Cl)C1. The number of carbonyl (C=O) groups is 2. The Bertz CT molecular complexity index is 720. The molecule has 0 bridgehead atoms. The summed E-state index contributed by atoms with van der Waals surface area (Å²) in [7, 11) is 0. The van der Waals surface area contributed by atoms with Crippen molar-refractivity contribution < 1.29 is 33.7 Å². The summed E-state index contributed by atoms with van der Waals surface area (Å²) in [4.78, 5) is 23.3. The molecule has 3 unspecified atom stereocenters. The second-order valence-electron chi connectivity index (χ2n) is 5.70. The maximum atomic E-state index is 14.2. The lowest BCUT2D eigenvalue weighted by atomic mass is 9.61. The van der Waals surface area contributed by atoms with Gasteiger partial charge in [0.15, 0.2) is 0 Å². The van der Waals surface area contributed by atoms with E-state index >= 15 is 0 Å². The zero-order valence-corrected chi connectivity index (χ0v) is 12.6. The molecule has 1 aliphatic carbocycles. The van der Waals surface area contributed by atoms with E-state index in [1.165, 1.54) is 6.92 Å². The molecule has 0 aromatic heterocycles. The Morgan fingerprint density at radius 1 is 1.22 bits per heavy atom. The van der Waals surface area contributed by atoms with Crippen LogP contribution in [-0.4, -0.2) is 33.4 Å². The molecule has 0 amide bonds. The average molecular weight is 347 g/mol. The van der Waals surface area contributed by atoms with Crippen molar-refractivity contribution in [2.75, 3.05) is 0 Å². The molecular formula is C15H13ClF2O5. The van der Waals surface area contributed by atoms with Crippen LogP contribution in [0.1, 0.15) is 18.9 Å². The third-order valence-corrected chi connectivity index (χ3v) is 4.53. The number of carboxylic acids is 2. The molecule has 1 aromatic carbocycles. The summed E-state index contributed by atoms with van der Waals surface area (Å²) in [5, 5.41) is 28.3. The monoisotopic (exact) mass is 346 g/mol. The zero-order chi connectivity index (χ0) is 17.6. The van der Waals surface area contributed by atoms with E-state index in [1.807, 2.05) is 0 Å². The molecule has 0 saturated carbocycles. The van der Waals surface area contributed by atoms with Crippen LogP contribution < -0.4 is 0 Å². The highest BCUT2D eigenvalue weighted by Gasteiger charge is 2.56. The first-order valence-corrected chi connectivity index (χ1v) is 6.92. The number of halogens is 3. The Hall–Kier alpha value is -1.99. The highest BCUT2D eigenvalue weighted by atomic mass is 35.5. The third kappa shape index (κ3) is 2.49. The van der Waals surface area contributed by atoms with Crippen LogP contribution in [0.25, 0.3) is 0 Å². The van der Waals surface area contributed by atoms with Gasteiger partial charge in [-0.15, -0.1) is 0 Å². The first kappa shape index (κ1) is 17.4. The fourth-order valence-corrected chi connectivity index (χ4v) is 3.16. The van der Waals surface area contributed by atoms with E-state index in [4.69, 9.17) is 11.6 Å². The van der Waals surface area contributed by atoms with Gasteiger partial charge >= 0.3 is 11.9 Å². The molecule has 23 heavy (non-hydrogen) atoms. The van der Waals surface area contributed by atoms with E-state index < -0.39 is 57.5 Å². The van der Waals surface area contributed by atoms with Crippen LogP contribution in [0.5, 0.6) is 0 Å². The van der Waals surface area contributed by atoms with Crippen LogP contribution in [0.15, 0.2) is 24.3 Å². The molecule has 124 valence electrons. The summed E-state index contributed by atoms with van der Waals surface area (Å²) in [6.07, 6.45) is -0.387. The summed E-state index contributed by atoms with van der Waals surface area (Å²) in [5.74, 6) is -5.27. The van der Waals surface area contributed by atoms with Crippen molar-refractivity contribution in [2.24, 2.45) is 5.41 Å². The van der Waals surface area contributed by atoms with Crippen molar-refractivity contribution in [1.82, 2.24) is 0 Å². The van der Waals surface area contributed by atoms with Crippen LogP contribution in [-0.2, 0) is 15.0 Å². The minimum Gasteiger partial charge on any atom is -0.481 e. The molecule has 8 heteroatoms. The Morgan fingerprint density at radius 2 is 1.78 bits per heavy atom. The Labute approximate surface area is 134 Å². The van der Waals surface area contributed by atoms with Crippen molar-refractivity contribution in [3.05, 3.63) is 46.5 Å². The van der Waals surface area contributed by atoms with Gasteiger partial charge in [-0.25, -0.2) is 8.78 Å². The van der Waals surface area contributed by atoms with Crippen LogP contribution in [0.2, 0.25) is 5.02 Å². The first-order valence-electron chi connectivity index (χ1n) is 6.54. The van der Waals surface area contributed by atoms with Gasteiger partial charge in [0.2, 0.25) is 0 Å². The van der Waals surface area contributed by atoms with E-state index in [2.05, 4.69) is 0 Å². The standard InChI is InChI=1S/C15H13ClF2O5/c1-14(12(20)21)5-4-9(19)15(6-14,13(22)23)10-7(17)2-3-8(18)11(10)16/h2-5,9,19H,6H2,1H3,(H,20,21)(H,22,23). The Balaban J connectivity index is 2.81. The van der Waals surface area contributed by atoms with E-state index in [0.717, 1.165) is 18.2 Å². The van der Waals surface area contributed by atoms with E-state index in [9.17, 15) is 33.7 Å². The van der Waals surface area contributed by atoms with Crippen LogP contribution in [0.4, 0.5) is 8.78 Å². The van der Waals surface area contributed by atoms with E-state index in [-0.39, 0.29) is 0 Å². The summed E-state index contributed by atoms with van der Waals surface area (Å²) in [6, 6.07) is 1.41. The van der Waals surface area contributed by atoms with E-state index in [0.29, 0.717) is 6.07 Å². The van der Waals surface area contributed by atoms with Gasteiger partial charge < -0.3 is 15.3 Å². The maximum absolute atomic E-state index is 14.2. The number of carboxylic acid groups (broad SMARTS) is 2. The summed E-state index contributed by atoms with van der Waals surface area (Å²) in [6.45, 7) is 1.22. The van der Waals surface area contributed by atoms with Gasteiger partial charge in [0.05, 0.1) is 16.5 Å². The average Bonchev–Trinajstić information content (AvgIpc) is 2.46. The fourth-order valence-electron chi connectivity index (χ4n) is 2.84. The van der Waals surface area contributed by atoms with Gasteiger partial charge in [0.1, 0.15) is 17.0 Å². The second-order valence-corrected chi connectivity index (χ2v) is 6.08. The highest BCUT2D eigenvalue weighted by Crippen LogP contribution is 2.48. The third-order valence-electron chi connectivity index (χ3n) is 4.16. The number of benzene rings is 1. The molecule has 0 spiro atoms. The summed E-state index contributed by atoms with van der Waals surface area (Å²) < 4.78 is 28.0. The number of aliphatic carboxylic acids is 2. The largest absolute Gasteiger partial charge is 0.481 e. The van der Waals surface area contributed by atoms with Gasteiger partial charge in [0, 0.05) is 5.56 Å². The van der Waals surface area contributed by atoms with Gasteiger partial charge in [-0.05, 0) is 25.5 Å². The summed E-state index contributed by atoms with van der Waals surface area (Å²) in [5.41, 5.74) is -4.89. The molecule has 3 N–H and O–H groups in total. The van der Waals surface area contributed by atoms with Crippen LogP contribution in [0, 0.1) is 17.0 Å². The number of rotatable bonds is 3. The van der Waals surface area contributed by atoms with Crippen LogP contribution >= 0.6 is 11.6 Å². The number of hydrogen-bond acceptors (Lipinski definition) is 3. The molecule has 0 heterocycles. The number of aliphatic hydroxyl groups excluding tert-OH is 1. The molecule has 2 rings (SSSR count).